The zero-order valence-corrected chi connectivity index (χ0v) is 18.7. The summed E-state index contributed by atoms with van der Waals surface area (Å²) < 4.78 is 6.96. The zero-order chi connectivity index (χ0) is 21.9. The highest BCUT2D eigenvalue weighted by atomic mass is 16.5. The monoisotopic (exact) mass is 433 g/mol. The van der Waals surface area contributed by atoms with E-state index in [4.69, 9.17) is 4.74 Å². The average molecular weight is 434 g/mol. The lowest BCUT2D eigenvalue weighted by atomic mass is 9.95. The van der Waals surface area contributed by atoms with Gasteiger partial charge in [0.15, 0.2) is 11.3 Å². The van der Waals surface area contributed by atoms with Crippen LogP contribution in [-0.4, -0.2) is 76.2 Å². The molecule has 1 unspecified atom stereocenters. The van der Waals surface area contributed by atoms with Crippen LogP contribution in [0.1, 0.15) is 34.5 Å². The smallest absolute Gasteiger partial charge is 0.274 e. The van der Waals surface area contributed by atoms with E-state index in [2.05, 4.69) is 39.2 Å². The minimum absolute atomic E-state index is 0.0436. The molecule has 0 bridgehead atoms. The number of hydrogen-bond donors (Lipinski definition) is 0. The predicted octanol–water partition coefficient (Wildman–Crippen LogP) is 2.70. The number of ether oxygens (including phenoxy) is 1. The van der Waals surface area contributed by atoms with Gasteiger partial charge in [0.25, 0.3) is 5.91 Å². The molecule has 2 aliphatic rings. The van der Waals surface area contributed by atoms with E-state index in [-0.39, 0.29) is 5.91 Å². The second kappa shape index (κ2) is 9.38. The highest BCUT2D eigenvalue weighted by Gasteiger charge is 2.32. The highest BCUT2D eigenvalue weighted by molar-refractivity contribution is 5.93. The number of amides is 1. The molecule has 168 valence electrons. The van der Waals surface area contributed by atoms with Crippen molar-refractivity contribution in [1.82, 2.24) is 24.4 Å². The van der Waals surface area contributed by atoms with Crippen LogP contribution in [0, 0.1) is 5.92 Å². The third kappa shape index (κ3) is 4.40. The summed E-state index contributed by atoms with van der Waals surface area (Å²) in [5.41, 5.74) is 4.12. The van der Waals surface area contributed by atoms with Gasteiger partial charge in [0, 0.05) is 51.2 Å². The number of nitrogens with zero attached hydrogens (tertiary/aromatic N) is 5. The molecule has 5 rings (SSSR count). The Morgan fingerprint density at radius 3 is 2.78 bits per heavy atom. The minimum atomic E-state index is -0.0436. The number of likely N-dealkylation sites (tertiary alicyclic amines) is 1. The first-order valence-electron chi connectivity index (χ1n) is 11.6. The first kappa shape index (κ1) is 21.1. The maximum absolute atomic E-state index is 13.3. The summed E-state index contributed by atoms with van der Waals surface area (Å²) in [4.78, 5) is 22.2. The van der Waals surface area contributed by atoms with Gasteiger partial charge >= 0.3 is 0 Å². The molecule has 1 aliphatic heterocycles. The minimum Gasteiger partial charge on any atom is -0.383 e. The van der Waals surface area contributed by atoms with E-state index in [9.17, 15) is 4.79 Å². The molecule has 1 aliphatic carbocycles. The summed E-state index contributed by atoms with van der Waals surface area (Å²) in [5.74, 6) is 0.418. The number of methoxy groups -OCH3 is 1. The van der Waals surface area contributed by atoms with Crippen molar-refractivity contribution in [3.05, 3.63) is 65.6 Å². The Morgan fingerprint density at radius 1 is 1.22 bits per heavy atom. The van der Waals surface area contributed by atoms with Crippen molar-refractivity contribution in [2.75, 3.05) is 39.9 Å². The number of rotatable bonds is 7. The van der Waals surface area contributed by atoms with Gasteiger partial charge < -0.3 is 9.64 Å². The van der Waals surface area contributed by atoms with Crippen molar-refractivity contribution in [1.29, 1.82) is 0 Å². The summed E-state index contributed by atoms with van der Waals surface area (Å²) in [7, 11) is 1.68. The summed E-state index contributed by atoms with van der Waals surface area (Å²) in [6, 6.07) is 13.0. The van der Waals surface area contributed by atoms with Gasteiger partial charge in [-0.2, -0.15) is 5.10 Å². The van der Waals surface area contributed by atoms with Gasteiger partial charge in [-0.3, -0.25) is 9.69 Å². The molecule has 2 aromatic heterocycles. The molecule has 0 saturated carbocycles. The standard InChI is InChI=1S/C25H31N5O2/c1-32-13-12-29(25(31)23-16-24-26-9-5-11-30(24)27-23)18-19-6-4-10-28(17-19)22-14-20-7-2-3-8-21(20)15-22/h2-3,5,7-9,11,16,19,22H,4,6,10,12-15,17-18H2,1H3. The zero-order valence-electron chi connectivity index (χ0n) is 18.7. The Hall–Kier alpha value is -2.77. The Labute approximate surface area is 189 Å². The molecule has 0 N–H and O–H groups in total. The van der Waals surface area contributed by atoms with Crippen LogP contribution in [0.3, 0.4) is 0 Å². The molecule has 1 aromatic carbocycles. The van der Waals surface area contributed by atoms with Crippen molar-refractivity contribution in [2.24, 2.45) is 5.92 Å². The van der Waals surface area contributed by atoms with E-state index < -0.39 is 0 Å². The lowest BCUT2D eigenvalue weighted by Gasteiger charge is -2.38. The molecule has 7 heteroatoms. The first-order valence-corrected chi connectivity index (χ1v) is 11.6. The van der Waals surface area contributed by atoms with E-state index in [1.807, 2.05) is 17.2 Å². The van der Waals surface area contributed by atoms with Gasteiger partial charge in [-0.15, -0.1) is 0 Å². The second-order valence-corrected chi connectivity index (χ2v) is 9.03. The van der Waals surface area contributed by atoms with Crippen LogP contribution >= 0.6 is 0 Å². The molecule has 1 amide bonds. The summed E-state index contributed by atoms with van der Waals surface area (Å²) in [5, 5.41) is 4.45. The van der Waals surface area contributed by atoms with Crippen LogP contribution in [0.15, 0.2) is 48.8 Å². The van der Waals surface area contributed by atoms with Crippen molar-refractivity contribution in [3.63, 3.8) is 0 Å². The van der Waals surface area contributed by atoms with Crippen LogP contribution in [0.2, 0.25) is 0 Å². The van der Waals surface area contributed by atoms with Crippen LogP contribution in [-0.2, 0) is 17.6 Å². The van der Waals surface area contributed by atoms with Crippen molar-refractivity contribution >= 4 is 11.6 Å². The van der Waals surface area contributed by atoms with E-state index in [0.29, 0.717) is 36.5 Å². The van der Waals surface area contributed by atoms with Crippen LogP contribution in [0.5, 0.6) is 0 Å². The average Bonchev–Trinajstić information content (AvgIpc) is 3.46. The van der Waals surface area contributed by atoms with Crippen molar-refractivity contribution < 1.29 is 9.53 Å². The molecule has 0 radical (unpaired) electrons. The number of carbonyl (C=O) groups is 1. The van der Waals surface area contributed by atoms with Crippen molar-refractivity contribution in [3.8, 4) is 0 Å². The van der Waals surface area contributed by atoms with E-state index >= 15 is 0 Å². The highest BCUT2D eigenvalue weighted by Crippen LogP contribution is 2.29. The fourth-order valence-corrected chi connectivity index (χ4v) is 5.26. The Bertz CT molecular complexity index is 1020. The van der Waals surface area contributed by atoms with Crippen LogP contribution < -0.4 is 0 Å². The third-order valence-corrected chi connectivity index (χ3v) is 6.88. The molecule has 3 heterocycles. The first-order chi connectivity index (χ1) is 15.7. The third-order valence-electron chi connectivity index (χ3n) is 6.88. The molecule has 32 heavy (non-hydrogen) atoms. The molecular weight excluding hydrogens is 402 g/mol. The molecule has 7 nitrogen and oxygen atoms in total. The Kier molecular flexibility index (Phi) is 6.19. The second-order valence-electron chi connectivity index (χ2n) is 9.03. The lowest BCUT2D eigenvalue weighted by Crippen LogP contribution is -2.47. The lowest BCUT2D eigenvalue weighted by molar-refractivity contribution is 0.0568. The van der Waals surface area contributed by atoms with Gasteiger partial charge in [0.2, 0.25) is 0 Å². The number of fused-ring (bicyclic) bond motifs is 2. The molecule has 1 fully saturated rings. The van der Waals surface area contributed by atoms with E-state index in [0.717, 1.165) is 38.9 Å². The fourth-order valence-electron chi connectivity index (χ4n) is 5.26. The molecule has 0 spiro atoms. The Morgan fingerprint density at radius 2 is 2.03 bits per heavy atom. The topological polar surface area (TPSA) is 63.0 Å². The quantitative estimate of drug-likeness (QED) is 0.573. The molecule has 1 atom stereocenters. The summed E-state index contributed by atoms with van der Waals surface area (Å²) in [6.07, 6.45) is 8.15. The van der Waals surface area contributed by atoms with Crippen molar-refractivity contribution in [2.45, 2.75) is 31.7 Å². The predicted molar refractivity (Wildman–Crippen MR) is 123 cm³/mol. The van der Waals surface area contributed by atoms with Crippen LogP contribution in [0.4, 0.5) is 0 Å². The van der Waals surface area contributed by atoms with Crippen LogP contribution in [0.25, 0.3) is 5.65 Å². The van der Waals surface area contributed by atoms with Gasteiger partial charge in [-0.25, -0.2) is 9.50 Å². The van der Waals surface area contributed by atoms with Gasteiger partial charge in [-0.05, 0) is 55.3 Å². The molecular formula is C25H31N5O2. The number of benzene rings is 1. The van der Waals surface area contributed by atoms with Gasteiger partial charge in [-0.1, -0.05) is 24.3 Å². The molecule has 3 aromatic rings. The number of carbonyl (C=O) groups excluding carboxylic acids is 1. The number of piperidine rings is 1. The number of aromatic nitrogens is 3. The SMILES string of the molecule is COCCN(CC1CCCN(C2Cc3ccccc3C2)C1)C(=O)c1cc2ncccn2n1. The van der Waals surface area contributed by atoms with E-state index in [1.54, 1.807) is 23.9 Å². The fraction of sp³-hybridized carbons (Fsp3) is 0.480. The largest absolute Gasteiger partial charge is 0.383 e. The van der Waals surface area contributed by atoms with Gasteiger partial charge in [0.05, 0.1) is 6.61 Å². The van der Waals surface area contributed by atoms with Gasteiger partial charge in [0.1, 0.15) is 0 Å². The summed E-state index contributed by atoms with van der Waals surface area (Å²) in [6.45, 7) is 4.02. The number of hydrogen-bond acceptors (Lipinski definition) is 5. The normalized spacial score (nSPS) is 19.3. The maximum atomic E-state index is 13.3. The Balaban J connectivity index is 1.26. The van der Waals surface area contributed by atoms with E-state index in [1.165, 1.54) is 17.5 Å². The molecule has 1 saturated heterocycles. The summed E-state index contributed by atoms with van der Waals surface area (Å²) >= 11 is 0. The maximum Gasteiger partial charge on any atom is 0.274 e.